The summed E-state index contributed by atoms with van der Waals surface area (Å²) < 4.78 is 30.1. The third-order valence-corrected chi connectivity index (χ3v) is 7.17. The molecule has 0 aliphatic carbocycles. The molecule has 4 rings (SSSR count). The van der Waals surface area contributed by atoms with E-state index < -0.39 is 16.1 Å². The zero-order valence-electron chi connectivity index (χ0n) is 18.5. The molecule has 3 aromatic carbocycles. The van der Waals surface area contributed by atoms with Crippen molar-refractivity contribution in [2.45, 2.75) is 23.0 Å². The molecule has 0 spiro atoms. The van der Waals surface area contributed by atoms with Gasteiger partial charge in [0.1, 0.15) is 5.03 Å². The second-order valence-electron chi connectivity index (χ2n) is 7.56. The maximum absolute atomic E-state index is 13.0. The Morgan fingerprint density at radius 2 is 1.65 bits per heavy atom. The van der Waals surface area contributed by atoms with E-state index in [9.17, 15) is 13.2 Å². The minimum Gasteiger partial charge on any atom is -0.333 e. The number of rotatable bonds is 8. The van der Waals surface area contributed by atoms with Gasteiger partial charge >= 0.3 is 6.03 Å². The van der Waals surface area contributed by atoms with Gasteiger partial charge in [0.05, 0.1) is 11.2 Å². The van der Waals surface area contributed by atoms with Gasteiger partial charge in [-0.1, -0.05) is 72.8 Å². The Labute approximate surface area is 203 Å². The largest absolute Gasteiger partial charge is 0.333 e. The van der Waals surface area contributed by atoms with E-state index in [1.165, 1.54) is 6.07 Å². The standard InChI is InChI=1S/C25H24N4O3S2/c1-33-24-17-29(18-27-24)16-20-11-13-21(14-12-20)22-9-5-6-10-23(22)34(31,32)28-25(30)26-15-19-7-3-2-4-8-19/h2-14,17-18H,15-16H2,1H3,(H2,26,28,30). The number of carbonyl (C=O) groups excluding carboxylic acids is 1. The summed E-state index contributed by atoms with van der Waals surface area (Å²) in [7, 11) is -4.08. The van der Waals surface area contributed by atoms with Gasteiger partial charge in [-0.2, -0.15) is 0 Å². The predicted octanol–water partition coefficient (Wildman–Crippen LogP) is 4.51. The maximum atomic E-state index is 13.0. The summed E-state index contributed by atoms with van der Waals surface area (Å²) >= 11 is 1.59. The number of sulfonamides is 1. The van der Waals surface area contributed by atoms with E-state index in [1.54, 1.807) is 36.3 Å². The Morgan fingerprint density at radius 3 is 2.35 bits per heavy atom. The lowest BCUT2D eigenvalue weighted by Gasteiger charge is -2.13. The molecule has 0 atom stereocenters. The summed E-state index contributed by atoms with van der Waals surface area (Å²) in [5.74, 6) is 0. The molecule has 7 nitrogen and oxygen atoms in total. The molecule has 34 heavy (non-hydrogen) atoms. The summed E-state index contributed by atoms with van der Waals surface area (Å²) in [6, 6.07) is 22.8. The van der Waals surface area contributed by atoms with Crippen molar-refractivity contribution in [3.8, 4) is 11.1 Å². The van der Waals surface area contributed by atoms with Crippen LogP contribution in [0.25, 0.3) is 11.1 Å². The molecule has 1 aromatic heterocycles. The fourth-order valence-electron chi connectivity index (χ4n) is 3.46. The van der Waals surface area contributed by atoms with Crippen LogP contribution in [0.3, 0.4) is 0 Å². The molecule has 2 amide bonds. The first-order valence-electron chi connectivity index (χ1n) is 10.5. The third-order valence-electron chi connectivity index (χ3n) is 5.15. The van der Waals surface area contributed by atoms with Crippen LogP contribution in [0, 0.1) is 0 Å². The van der Waals surface area contributed by atoms with Crippen LogP contribution in [-0.4, -0.2) is 30.3 Å². The van der Waals surface area contributed by atoms with Crippen molar-refractivity contribution in [1.29, 1.82) is 0 Å². The molecule has 0 fully saturated rings. The fraction of sp³-hybridized carbons (Fsp3) is 0.120. The quantitative estimate of drug-likeness (QED) is 0.353. The third kappa shape index (κ3) is 5.86. The van der Waals surface area contributed by atoms with Crippen molar-refractivity contribution in [3.05, 3.63) is 103 Å². The summed E-state index contributed by atoms with van der Waals surface area (Å²) in [5.41, 5.74) is 3.19. The van der Waals surface area contributed by atoms with Crippen LogP contribution in [0.5, 0.6) is 0 Å². The Morgan fingerprint density at radius 1 is 0.941 bits per heavy atom. The van der Waals surface area contributed by atoms with Gasteiger partial charge in [0.2, 0.25) is 0 Å². The number of carbonyl (C=O) groups is 1. The highest BCUT2D eigenvalue weighted by atomic mass is 32.2. The van der Waals surface area contributed by atoms with E-state index in [0.717, 1.165) is 21.7 Å². The summed E-state index contributed by atoms with van der Waals surface area (Å²) in [5, 5.41) is 3.54. The van der Waals surface area contributed by atoms with E-state index in [1.807, 2.05) is 71.6 Å². The number of aromatic nitrogens is 2. The molecule has 174 valence electrons. The topological polar surface area (TPSA) is 93.1 Å². The maximum Gasteiger partial charge on any atom is 0.328 e. The average molecular weight is 493 g/mol. The van der Waals surface area contributed by atoms with Crippen LogP contribution in [-0.2, 0) is 23.1 Å². The van der Waals surface area contributed by atoms with Gasteiger partial charge in [-0.25, -0.2) is 22.9 Å². The van der Waals surface area contributed by atoms with E-state index >= 15 is 0 Å². The van der Waals surface area contributed by atoms with E-state index in [4.69, 9.17) is 0 Å². The molecule has 0 unspecified atom stereocenters. The highest BCUT2D eigenvalue weighted by Crippen LogP contribution is 2.27. The van der Waals surface area contributed by atoms with Crippen molar-refractivity contribution >= 4 is 27.8 Å². The van der Waals surface area contributed by atoms with Gasteiger partial charge in [0.25, 0.3) is 10.0 Å². The van der Waals surface area contributed by atoms with Crippen LogP contribution in [0.1, 0.15) is 11.1 Å². The molecule has 0 saturated heterocycles. The number of urea groups is 1. The van der Waals surface area contributed by atoms with Crippen molar-refractivity contribution < 1.29 is 13.2 Å². The molecular formula is C25H24N4O3S2. The lowest BCUT2D eigenvalue weighted by atomic mass is 10.0. The number of thioether (sulfide) groups is 1. The molecule has 4 aromatic rings. The smallest absolute Gasteiger partial charge is 0.328 e. The van der Waals surface area contributed by atoms with Gasteiger partial charge in [-0.15, -0.1) is 11.8 Å². The van der Waals surface area contributed by atoms with E-state index in [2.05, 4.69) is 15.0 Å². The Kier molecular flexibility index (Phi) is 7.34. The van der Waals surface area contributed by atoms with Crippen molar-refractivity contribution in [2.75, 3.05) is 6.26 Å². The van der Waals surface area contributed by atoms with Gasteiger partial charge in [-0.05, 0) is 29.0 Å². The predicted molar refractivity (Wildman–Crippen MR) is 134 cm³/mol. The monoisotopic (exact) mass is 492 g/mol. The summed E-state index contributed by atoms with van der Waals surface area (Å²) in [4.78, 5) is 16.6. The molecule has 0 radical (unpaired) electrons. The zero-order valence-corrected chi connectivity index (χ0v) is 20.1. The van der Waals surface area contributed by atoms with Gasteiger partial charge < -0.3 is 9.88 Å². The van der Waals surface area contributed by atoms with Gasteiger partial charge in [0.15, 0.2) is 0 Å². The second-order valence-corrected chi connectivity index (χ2v) is 10.0. The van der Waals surface area contributed by atoms with Crippen LogP contribution < -0.4 is 10.0 Å². The highest BCUT2D eigenvalue weighted by Gasteiger charge is 2.21. The Hall–Kier alpha value is -3.56. The SMILES string of the molecule is CSc1cn(Cc2ccc(-c3ccccc3S(=O)(=O)NC(=O)NCc3ccccc3)cc2)cn1. The van der Waals surface area contributed by atoms with E-state index in [0.29, 0.717) is 12.1 Å². The van der Waals surface area contributed by atoms with Gasteiger partial charge in [-0.3, -0.25) is 0 Å². The van der Waals surface area contributed by atoms with Crippen LogP contribution in [0.15, 0.2) is 101 Å². The summed E-state index contributed by atoms with van der Waals surface area (Å²) in [6.07, 6.45) is 5.75. The summed E-state index contributed by atoms with van der Waals surface area (Å²) in [6.45, 7) is 0.886. The lowest BCUT2D eigenvalue weighted by Crippen LogP contribution is -2.39. The number of benzene rings is 3. The minimum atomic E-state index is -4.08. The zero-order chi connectivity index (χ0) is 24.0. The minimum absolute atomic E-state index is 0.0387. The van der Waals surface area contributed by atoms with Gasteiger partial charge in [0, 0.05) is 24.8 Å². The number of hydrogen-bond acceptors (Lipinski definition) is 5. The molecule has 2 N–H and O–H groups in total. The second kappa shape index (κ2) is 10.6. The van der Waals surface area contributed by atoms with Crippen LogP contribution >= 0.6 is 11.8 Å². The molecule has 0 aliphatic rings. The Bertz CT molecular complexity index is 1370. The van der Waals surface area contributed by atoms with Crippen molar-refractivity contribution in [3.63, 3.8) is 0 Å². The molecule has 0 saturated carbocycles. The first-order valence-corrected chi connectivity index (χ1v) is 13.2. The molecule has 9 heteroatoms. The normalized spacial score (nSPS) is 11.2. The fourth-order valence-corrected chi connectivity index (χ4v) is 5.02. The average Bonchev–Trinajstić information content (AvgIpc) is 3.31. The first-order chi connectivity index (χ1) is 16.4. The highest BCUT2D eigenvalue weighted by molar-refractivity contribution is 7.98. The number of imidazole rings is 1. The molecule has 1 heterocycles. The van der Waals surface area contributed by atoms with Crippen molar-refractivity contribution in [2.24, 2.45) is 0 Å². The van der Waals surface area contributed by atoms with Crippen LogP contribution in [0.2, 0.25) is 0 Å². The lowest BCUT2D eigenvalue weighted by molar-refractivity contribution is 0.245. The van der Waals surface area contributed by atoms with E-state index in [-0.39, 0.29) is 11.4 Å². The molecule has 0 aliphatic heterocycles. The number of nitrogens with one attached hydrogen (secondary N) is 2. The van der Waals surface area contributed by atoms with Crippen molar-refractivity contribution in [1.82, 2.24) is 19.6 Å². The number of nitrogens with zero attached hydrogens (tertiary/aromatic N) is 2. The molecule has 0 bridgehead atoms. The molecular weight excluding hydrogens is 468 g/mol. The number of amides is 2. The van der Waals surface area contributed by atoms with Crippen LogP contribution in [0.4, 0.5) is 4.79 Å². The first kappa shape index (κ1) is 23.6. The number of hydrogen-bond donors (Lipinski definition) is 2. The Balaban J connectivity index is 1.48.